The van der Waals surface area contributed by atoms with Crippen LogP contribution >= 0.6 is 11.3 Å². The molecule has 2 rings (SSSR count). The Hall–Kier alpha value is -1.32. The van der Waals surface area contributed by atoms with Crippen LogP contribution in [0.5, 0.6) is 0 Å². The van der Waals surface area contributed by atoms with E-state index in [4.69, 9.17) is 5.73 Å². The maximum atomic E-state index is 5.95. The van der Waals surface area contributed by atoms with Gasteiger partial charge < -0.3 is 11.1 Å². The molecule has 0 bridgehead atoms. The van der Waals surface area contributed by atoms with Crippen molar-refractivity contribution in [1.82, 2.24) is 5.32 Å². The van der Waals surface area contributed by atoms with Crippen LogP contribution in [-0.2, 0) is 6.42 Å². The van der Waals surface area contributed by atoms with Crippen LogP contribution in [0.25, 0.3) is 0 Å². The molecule has 1 aromatic carbocycles. The molecule has 84 valence electrons. The minimum atomic E-state index is 0.343. The van der Waals surface area contributed by atoms with Crippen LogP contribution < -0.4 is 11.1 Å². The predicted octanol–water partition coefficient (Wildman–Crippen LogP) is 2.83. The first-order valence-electron chi connectivity index (χ1n) is 5.34. The minimum Gasteiger partial charge on any atom is -0.399 e. The normalized spacial score (nSPS) is 12.6. The average molecular weight is 232 g/mol. The van der Waals surface area contributed by atoms with Crippen molar-refractivity contribution in [3.63, 3.8) is 0 Å². The van der Waals surface area contributed by atoms with E-state index in [1.807, 2.05) is 25.2 Å². The van der Waals surface area contributed by atoms with Crippen molar-refractivity contribution in [2.24, 2.45) is 0 Å². The number of rotatable bonds is 4. The summed E-state index contributed by atoms with van der Waals surface area (Å²) in [6, 6.07) is 10.5. The number of para-hydroxylation sites is 1. The molecule has 0 spiro atoms. The number of anilines is 1. The van der Waals surface area contributed by atoms with E-state index in [2.05, 4.69) is 28.2 Å². The zero-order valence-electron chi connectivity index (χ0n) is 9.31. The molecule has 0 fully saturated rings. The molecule has 0 aliphatic heterocycles. The van der Waals surface area contributed by atoms with Gasteiger partial charge in [-0.05, 0) is 47.5 Å². The minimum absolute atomic E-state index is 0.343. The van der Waals surface area contributed by atoms with E-state index in [0.29, 0.717) is 6.04 Å². The third-order valence-corrected chi connectivity index (χ3v) is 3.47. The number of nitrogen functional groups attached to an aromatic ring is 1. The van der Waals surface area contributed by atoms with Gasteiger partial charge in [-0.3, -0.25) is 0 Å². The lowest BCUT2D eigenvalue weighted by atomic mass is 10.0. The summed E-state index contributed by atoms with van der Waals surface area (Å²) in [4.78, 5) is 0. The molecule has 0 saturated carbocycles. The lowest BCUT2D eigenvalue weighted by Gasteiger charge is -2.16. The molecule has 1 heterocycles. The lowest BCUT2D eigenvalue weighted by Crippen LogP contribution is -2.18. The number of hydrogen-bond acceptors (Lipinski definition) is 3. The average Bonchev–Trinajstić information content (AvgIpc) is 2.81. The number of likely N-dealkylation sites (N-methyl/N-ethyl adjacent to an activating group) is 1. The fourth-order valence-corrected chi connectivity index (χ4v) is 2.51. The van der Waals surface area contributed by atoms with Crippen molar-refractivity contribution >= 4 is 17.0 Å². The summed E-state index contributed by atoms with van der Waals surface area (Å²) in [5.41, 5.74) is 9.36. The number of nitrogens with one attached hydrogen (secondary N) is 1. The Morgan fingerprint density at radius 1 is 1.31 bits per heavy atom. The molecule has 1 atom stereocenters. The van der Waals surface area contributed by atoms with Crippen molar-refractivity contribution in [3.05, 3.63) is 52.2 Å². The van der Waals surface area contributed by atoms with E-state index in [0.717, 1.165) is 12.1 Å². The van der Waals surface area contributed by atoms with E-state index in [1.165, 1.54) is 11.1 Å². The summed E-state index contributed by atoms with van der Waals surface area (Å²) in [7, 11) is 1.99. The second-order valence-electron chi connectivity index (χ2n) is 3.80. The van der Waals surface area contributed by atoms with E-state index in [-0.39, 0.29) is 0 Å². The molecule has 1 aromatic heterocycles. The van der Waals surface area contributed by atoms with Gasteiger partial charge in [0, 0.05) is 11.7 Å². The summed E-state index contributed by atoms with van der Waals surface area (Å²) in [6.45, 7) is 0. The maximum Gasteiger partial charge on any atom is 0.0367 e. The maximum absolute atomic E-state index is 5.95. The Morgan fingerprint density at radius 2 is 2.12 bits per heavy atom. The Labute approximate surface area is 100 Å². The molecule has 3 heteroatoms. The molecule has 3 N–H and O–H groups in total. The van der Waals surface area contributed by atoms with Gasteiger partial charge in [0.05, 0.1) is 0 Å². The number of nitrogens with two attached hydrogens (primary N) is 1. The molecule has 0 aliphatic carbocycles. The lowest BCUT2D eigenvalue weighted by molar-refractivity contribution is 0.595. The van der Waals surface area contributed by atoms with Gasteiger partial charge in [-0.1, -0.05) is 18.2 Å². The first-order valence-corrected chi connectivity index (χ1v) is 6.28. The van der Waals surface area contributed by atoms with Crippen LogP contribution in [0, 0.1) is 0 Å². The quantitative estimate of drug-likeness (QED) is 0.795. The van der Waals surface area contributed by atoms with E-state index in [9.17, 15) is 0 Å². The van der Waals surface area contributed by atoms with Crippen LogP contribution in [0.4, 0.5) is 5.69 Å². The Morgan fingerprint density at radius 3 is 2.75 bits per heavy atom. The van der Waals surface area contributed by atoms with Gasteiger partial charge in [-0.15, -0.1) is 0 Å². The molecule has 0 saturated heterocycles. The van der Waals surface area contributed by atoms with Gasteiger partial charge >= 0.3 is 0 Å². The number of thiophene rings is 1. The molecule has 2 aromatic rings. The highest BCUT2D eigenvalue weighted by Gasteiger charge is 2.11. The highest BCUT2D eigenvalue weighted by atomic mass is 32.1. The summed E-state index contributed by atoms with van der Waals surface area (Å²) in [5, 5.41) is 7.62. The number of benzene rings is 1. The van der Waals surface area contributed by atoms with Crippen LogP contribution in [0.15, 0.2) is 41.1 Å². The van der Waals surface area contributed by atoms with Crippen LogP contribution in [0.1, 0.15) is 17.2 Å². The molecular weight excluding hydrogens is 216 g/mol. The highest BCUT2D eigenvalue weighted by Crippen LogP contribution is 2.23. The summed E-state index contributed by atoms with van der Waals surface area (Å²) in [6.07, 6.45) is 0.930. The third kappa shape index (κ3) is 2.43. The molecule has 0 aliphatic rings. The fraction of sp³-hybridized carbons (Fsp3) is 0.231. The fourth-order valence-electron chi connectivity index (χ4n) is 1.80. The van der Waals surface area contributed by atoms with Gasteiger partial charge in [0.1, 0.15) is 0 Å². The summed E-state index contributed by atoms with van der Waals surface area (Å²) < 4.78 is 0. The predicted molar refractivity (Wildman–Crippen MR) is 70.7 cm³/mol. The van der Waals surface area contributed by atoms with E-state index < -0.39 is 0 Å². The summed E-state index contributed by atoms with van der Waals surface area (Å²) in [5.74, 6) is 0. The summed E-state index contributed by atoms with van der Waals surface area (Å²) >= 11 is 1.73. The molecule has 1 unspecified atom stereocenters. The van der Waals surface area contributed by atoms with Crippen molar-refractivity contribution in [2.45, 2.75) is 12.5 Å². The van der Waals surface area contributed by atoms with Crippen LogP contribution in [0.3, 0.4) is 0 Å². The first kappa shape index (κ1) is 11.2. The van der Waals surface area contributed by atoms with Crippen LogP contribution in [-0.4, -0.2) is 7.05 Å². The SMILES string of the molecule is CNC(Cc1ccccc1N)c1ccsc1. The molecule has 2 nitrogen and oxygen atoms in total. The van der Waals surface area contributed by atoms with E-state index in [1.54, 1.807) is 11.3 Å². The second-order valence-corrected chi connectivity index (χ2v) is 4.58. The standard InChI is InChI=1S/C13H16N2S/c1-15-13(11-6-7-16-9-11)8-10-4-2-3-5-12(10)14/h2-7,9,13,15H,8,14H2,1H3. The Balaban J connectivity index is 2.17. The van der Waals surface area contributed by atoms with E-state index >= 15 is 0 Å². The number of hydrogen-bond donors (Lipinski definition) is 2. The zero-order valence-corrected chi connectivity index (χ0v) is 10.1. The molecular formula is C13H16N2S. The molecule has 0 amide bonds. The van der Waals surface area contributed by atoms with Gasteiger partial charge in [-0.25, -0.2) is 0 Å². The zero-order chi connectivity index (χ0) is 11.4. The molecule has 0 radical (unpaired) electrons. The van der Waals surface area contributed by atoms with Gasteiger partial charge in [0.2, 0.25) is 0 Å². The Kier molecular flexibility index (Phi) is 3.59. The van der Waals surface area contributed by atoms with Gasteiger partial charge in [0.25, 0.3) is 0 Å². The third-order valence-electron chi connectivity index (χ3n) is 2.77. The topological polar surface area (TPSA) is 38.0 Å². The first-order chi connectivity index (χ1) is 7.81. The molecule has 16 heavy (non-hydrogen) atoms. The Bertz CT molecular complexity index is 437. The van der Waals surface area contributed by atoms with Gasteiger partial charge in [-0.2, -0.15) is 11.3 Å². The van der Waals surface area contributed by atoms with Crippen molar-refractivity contribution in [2.75, 3.05) is 12.8 Å². The largest absolute Gasteiger partial charge is 0.399 e. The smallest absolute Gasteiger partial charge is 0.0367 e. The van der Waals surface area contributed by atoms with Crippen LogP contribution in [0.2, 0.25) is 0 Å². The highest BCUT2D eigenvalue weighted by molar-refractivity contribution is 7.07. The van der Waals surface area contributed by atoms with Gasteiger partial charge in [0.15, 0.2) is 0 Å². The monoisotopic (exact) mass is 232 g/mol. The van der Waals surface area contributed by atoms with Crippen molar-refractivity contribution in [1.29, 1.82) is 0 Å². The second kappa shape index (κ2) is 5.14. The van der Waals surface area contributed by atoms with Crippen molar-refractivity contribution in [3.8, 4) is 0 Å². The van der Waals surface area contributed by atoms with Crippen molar-refractivity contribution < 1.29 is 0 Å².